The minimum absolute atomic E-state index is 0.346. The second-order valence-corrected chi connectivity index (χ2v) is 5.49. The summed E-state index contributed by atoms with van der Waals surface area (Å²) >= 11 is 0. The van der Waals surface area contributed by atoms with Gasteiger partial charge in [-0.25, -0.2) is 0 Å². The Kier molecular flexibility index (Phi) is 5.14. The predicted molar refractivity (Wildman–Crippen MR) is 73.2 cm³/mol. The van der Waals surface area contributed by atoms with Gasteiger partial charge in [-0.3, -0.25) is 4.98 Å². The third-order valence-electron chi connectivity index (χ3n) is 3.97. The van der Waals surface area contributed by atoms with Gasteiger partial charge >= 0.3 is 0 Å². The fourth-order valence-electron chi connectivity index (χ4n) is 2.91. The van der Waals surface area contributed by atoms with Crippen LogP contribution in [0.4, 0.5) is 0 Å². The van der Waals surface area contributed by atoms with Crippen molar-refractivity contribution in [2.75, 3.05) is 13.2 Å². The van der Waals surface area contributed by atoms with Gasteiger partial charge in [0.2, 0.25) is 0 Å². The van der Waals surface area contributed by atoms with Crippen molar-refractivity contribution in [3.63, 3.8) is 0 Å². The van der Waals surface area contributed by atoms with Crippen molar-refractivity contribution in [1.29, 1.82) is 0 Å². The molecule has 100 valence electrons. The van der Waals surface area contributed by atoms with E-state index in [4.69, 9.17) is 0 Å². The summed E-state index contributed by atoms with van der Waals surface area (Å²) in [7, 11) is 0. The Morgan fingerprint density at radius 1 is 1.28 bits per heavy atom. The number of nitrogens with zero attached hydrogens (tertiary/aromatic N) is 1. The molecule has 1 fully saturated rings. The van der Waals surface area contributed by atoms with E-state index in [2.05, 4.69) is 23.3 Å². The Hall–Kier alpha value is -0.930. The van der Waals surface area contributed by atoms with Crippen molar-refractivity contribution in [3.05, 3.63) is 29.6 Å². The molecule has 0 bridgehead atoms. The highest BCUT2D eigenvalue weighted by Crippen LogP contribution is 2.29. The second kappa shape index (κ2) is 6.86. The maximum Gasteiger partial charge on any atom is 0.0462 e. The van der Waals surface area contributed by atoms with E-state index in [1.807, 2.05) is 12.4 Å². The number of aliphatic hydroxyl groups is 1. The van der Waals surface area contributed by atoms with Gasteiger partial charge in [-0.15, -0.1) is 0 Å². The highest BCUT2D eigenvalue weighted by molar-refractivity contribution is 5.16. The van der Waals surface area contributed by atoms with E-state index in [1.165, 1.54) is 36.8 Å². The maximum absolute atomic E-state index is 9.38. The van der Waals surface area contributed by atoms with Crippen molar-refractivity contribution in [1.82, 2.24) is 10.3 Å². The van der Waals surface area contributed by atoms with Crippen LogP contribution in [0, 0.1) is 18.8 Å². The zero-order chi connectivity index (χ0) is 12.8. The first-order valence-electron chi connectivity index (χ1n) is 7.01. The van der Waals surface area contributed by atoms with E-state index in [0.29, 0.717) is 18.4 Å². The molecule has 0 saturated heterocycles. The fraction of sp³-hybridized carbons (Fsp3) is 0.667. The van der Waals surface area contributed by atoms with Gasteiger partial charge in [-0.1, -0.05) is 18.9 Å². The Morgan fingerprint density at radius 3 is 2.78 bits per heavy atom. The van der Waals surface area contributed by atoms with Gasteiger partial charge in [0.25, 0.3) is 0 Å². The van der Waals surface area contributed by atoms with E-state index in [-0.39, 0.29) is 0 Å². The molecule has 0 aromatic carbocycles. The van der Waals surface area contributed by atoms with E-state index in [1.54, 1.807) is 0 Å². The monoisotopic (exact) mass is 248 g/mol. The number of hydrogen-bond donors (Lipinski definition) is 2. The summed E-state index contributed by atoms with van der Waals surface area (Å²) in [5.74, 6) is 1.14. The smallest absolute Gasteiger partial charge is 0.0462 e. The normalized spacial score (nSPS) is 24.1. The largest absolute Gasteiger partial charge is 0.396 e. The van der Waals surface area contributed by atoms with Gasteiger partial charge in [0, 0.05) is 25.5 Å². The van der Waals surface area contributed by atoms with Gasteiger partial charge in [-0.05, 0) is 49.3 Å². The molecule has 1 aromatic heterocycles. The van der Waals surface area contributed by atoms with Crippen LogP contribution in [-0.4, -0.2) is 23.2 Å². The fourth-order valence-corrected chi connectivity index (χ4v) is 2.91. The summed E-state index contributed by atoms with van der Waals surface area (Å²) < 4.78 is 0. The molecule has 2 rings (SSSR count). The molecular formula is C15H24N2O. The van der Waals surface area contributed by atoms with Crippen LogP contribution in [0.15, 0.2) is 18.5 Å². The molecule has 1 aromatic rings. The van der Waals surface area contributed by atoms with Crippen LogP contribution in [0.25, 0.3) is 0 Å². The lowest BCUT2D eigenvalue weighted by Gasteiger charge is -2.30. The molecule has 1 aliphatic carbocycles. The SMILES string of the molecule is Cc1cncc(CNCC2CCCCC2CO)c1. The third-order valence-corrected chi connectivity index (χ3v) is 3.97. The summed E-state index contributed by atoms with van der Waals surface area (Å²) in [6.45, 7) is 4.31. The van der Waals surface area contributed by atoms with Crippen molar-refractivity contribution < 1.29 is 5.11 Å². The van der Waals surface area contributed by atoms with Crippen LogP contribution in [0.5, 0.6) is 0 Å². The van der Waals surface area contributed by atoms with Crippen molar-refractivity contribution >= 4 is 0 Å². The second-order valence-electron chi connectivity index (χ2n) is 5.49. The van der Waals surface area contributed by atoms with Crippen molar-refractivity contribution in [3.8, 4) is 0 Å². The lowest BCUT2D eigenvalue weighted by molar-refractivity contribution is 0.133. The lowest BCUT2D eigenvalue weighted by Crippen LogP contribution is -2.32. The predicted octanol–water partition coefficient (Wildman–Crippen LogP) is 2.28. The molecule has 0 spiro atoms. The first kappa shape index (κ1) is 13.5. The number of aliphatic hydroxyl groups excluding tert-OH is 1. The summed E-state index contributed by atoms with van der Waals surface area (Å²) in [5, 5.41) is 12.9. The summed E-state index contributed by atoms with van der Waals surface area (Å²) in [6, 6.07) is 2.17. The maximum atomic E-state index is 9.38. The molecule has 3 heteroatoms. The molecule has 3 nitrogen and oxygen atoms in total. The van der Waals surface area contributed by atoms with Crippen LogP contribution in [-0.2, 0) is 6.54 Å². The summed E-state index contributed by atoms with van der Waals surface area (Å²) in [5.41, 5.74) is 2.45. The third kappa shape index (κ3) is 3.79. The quantitative estimate of drug-likeness (QED) is 0.840. The lowest BCUT2D eigenvalue weighted by atomic mass is 9.79. The summed E-state index contributed by atoms with van der Waals surface area (Å²) in [4.78, 5) is 4.20. The molecule has 0 amide bonds. The number of aryl methyl sites for hydroxylation is 1. The van der Waals surface area contributed by atoms with Crippen LogP contribution in [0.2, 0.25) is 0 Å². The van der Waals surface area contributed by atoms with Crippen LogP contribution in [0.3, 0.4) is 0 Å². The van der Waals surface area contributed by atoms with Crippen molar-refractivity contribution in [2.24, 2.45) is 11.8 Å². The van der Waals surface area contributed by atoms with E-state index >= 15 is 0 Å². The Balaban J connectivity index is 1.77. The first-order chi connectivity index (χ1) is 8.79. The molecule has 0 radical (unpaired) electrons. The van der Waals surface area contributed by atoms with Crippen LogP contribution in [0.1, 0.15) is 36.8 Å². The highest BCUT2D eigenvalue weighted by atomic mass is 16.3. The summed E-state index contributed by atoms with van der Waals surface area (Å²) in [6.07, 6.45) is 8.84. The molecule has 2 atom stereocenters. The number of aromatic nitrogens is 1. The minimum atomic E-state index is 0.346. The Labute approximate surface area is 110 Å². The average Bonchev–Trinajstić information content (AvgIpc) is 2.39. The van der Waals surface area contributed by atoms with Gasteiger partial charge in [0.1, 0.15) is 0 Å². The minimum Gasteiger partial charge on any atom is -0.396 e. The molecule has 1 aliphatic rings. The number of rotatable bonds is 5. The van der Waals surface area contributed by atoms with Gasteiger partial charge in [0.05, 0.1) is 0 Å². The Morgan fingerprint density at radius 2 is 2.06 bits per heavy atom. The standard InChI is InChI=1S/C15H24N2O/c1-12-6-13(8-16-7-12)9-17-10-14-4-2-3-5-15(14)11-18/h6-8,14-15,17-18H,2-5,9-11H2,1H3. The van der Waals surface area contributed by atoms with Crippen LogP contribution < -0.4 is 5.32 Å². The van der Waals surface area contributed by atoms with Crippen LogP contribution >= 0.6 is 0 Å². The topological polar surface area (TPSA) is 45.2 Å². The number of hydrogen-bond acceptors (Lipinski definition) is 3. The molecule has 1 heterocycles. The average molecular weight is 248 g/mol. The number of nitrogens with one attached hydrogen (secondary N) is 1. The van der Waals surface area contributed by atoms with E-state index in [0.717, 1.165) is 13.1 Å². The molecule has 2 unspecified atom stereocenters. The first-order valence-corrected chi connectivity index (χ1v) is 7.01. The molecular weight excluding hydrogens is 224 g/mol. The van der Waals surface area contributed by atoms with E-state index in [9.17, 15) is 5.11 Å². The van der Waals surface area contributed by atoms with Crippen molar-refractivity contribution in [2.45, 2.75) is 39.2 Å². The van der Waals surface area contributed by atoms with Gasteiger partial charge in [-0.2, -0.15) is 0 Å². The molecule has 1 saturated carbocycles. The Bertz CT molecular complexity index is 367. The zero-order valence-corrected chi connectivity index (χ0v) is 11.2. The van der Waals surface area contributed by atoms with Gasteiger partial charge in [0.15, 0.2) is 0 Å². The molecule has 2 N–H and O–H groups in total. The molecule has 0 aliphatic heterocycles. The highest BCUT2D eigenvalue weighted by Gasteiger charge is 2.23. The zero-order valence-electron chi connectivity index (χ0n) is 11.2. The number of pyridine rings is 1. The van der Waals surface area contributed by atoms with E-state index < -0.39 is 0 Å². The molecule has 18 heavy (non-hydrogen) atoms. The van der Waals surface area contributed by atoms with Gasteiger partial charge < -0.3 is 10.4 Å².